The second-order valence-electron chi connectivity index (χ2n) is 3.20. The van der Waals surface area contributed by atoms with Gasteiger partial charge in [-0.15, -0.1) is 0 Å². The minimum Gasteiger partial charge on any atom is -0.198 e. The van der Waals surface area contributed by atoms with Gasteiger partial charge in [0, 0.05) is 0 Å². The fourth-order valence-corrected chi connectivity index (χ4v) is 1.30. The molecule has 1 heteroatoms. The summed E-state index contributed by atoms with van der Waals surface area (Å²) in [5.74, 6) is 0. The minimum absolute atomic E-state index is 0.521. The molecule has 1 aromatic carbocycles. The molecule has 1 rings (SSSR count). The van der Waals surface area contributed by atoms with Crippen LogP contribution in [0.4, 0.5) is 0 Å². The van der Waals surface area contributed by atoms with Crippen LogP contribution in [0.25, 0.3) is 0 Å². The summed E-state index contributed by atoms with van der Waals surface area (Å²) in [6.45, 7) is 6.23. The second-order valence-corrected chi connectivity index (χ2v) is 3.20. The van der Waals surface area contributed by atoms with Crippen LogP contribution in [0.3, 0.4) is 0 Å². The molecule has 0 saturated heterocycles. The van der Waals surface area contributed by atoms with Gasteiger partial charge in [0.15, 0.2) is 0 Å². The SMILES string of the molecule is Cc1cc(C)c(CC#N)cc1C. The van der Waals surface area contributed by atoms with Gasteiger partial charge in [0.05, 0.1) is 12.5 Å². The van der Waals surface area contributed by atoms with Crippen molar-refractivity contribution < 1.29 is 0 Å². The molecule has 0 fully saturated rings. The molecule has 0 atom stereocenters. The molecular formula is C11H13N. The molecule has 0 radical (unpaired) electrons. The third kappa shape index (κ3) is 1.65. The van der Waals surface area contributed by atoms with Crippen LogP contribution in [-0.4, -0.2) is 0 Å². The van der Waals surface area contributed by atoms with E-state index < -0.39 is 0 Å². The Labute approximate surface area is 73.6 Å². The molecule has 1 aromatic rings. The van der Waals surface area contributed by atoms with E-state index in [-0.39, 0.29) is 0 Å². The van der Waals surface area contributed by atoms with Crippen LogP contribution in [0.5, 0.6) is 0 Å². The van der Waals surface area contributed by atoms with Gasteiger partial charge in [-0.3, -0.25) is 0 Å². The van der Waals surface area contributed by atoms with Crippen LogP contribution in [0.15, 0.2) is 12.1 Å². The standard InChI is InChI=1S/C11H13N/c1-8-6-10(3)11(4-5-12)7-9(8)2/h6-7H,4H2,1-3H3. The van der Waals surface area contributed by atoms with Gasteiger partial charge in [-0.1, -0.05) is 12.1 Å². The van der Waals surface area contributed by atoms with E-state index in [1.165, 1.54) is 16.7 Å². The van der Waals surface area contributed by atoms with Gasteiger partial charge in [-0.05, 0) is 43.0 Å². The van der Waals surface area contributed by atoms with Crippen LogP contribution in [0.1, 0.15) is 22.3 Å². The monoisotopic (exact) mass is 159 g/mol. The molecule has 0 aliphatic rings. The van der Waals surface area contributed by atoms with E-state index in [2.05, 4.69) is 39.0 Å². The lowest BCUT2D eigenvalue weighted by Crippen LogP contribution is -1.91. The highest BCUT2D eigenvalue weighted by atomic mass is 14.2. The number of hydrogen-bond donors (Lipinski definition) is 0. The normalized spacial score (nSPS) is 9.50. The molecule has 0 aliphatic carbocycles. The third-order valence-corrected chi connectivity index (χ3v) is 2.22. The lowest BCUT2D eigenvalue weighted by Gasteiger charge is -2.05. The van der Waals surface area contributed by atoms with Crippen LogP contribution >= 0.6 is 0 Å². The Bertz CT molecular complexity index is 332. The van der Waals surface area contributed by atoms with Crippen molar-refractivity contribution in [3.05, 3.63) is 34.4 Å². The average molecular weight is 159 g/mol. The molecule has 0 N–H and O–H groups in total. The summed E-state index contributed by atoms with van der Waals surface area (Å²) in [7, 11) is 0. The zero-order valence-electron chi connectivity index (χ0n) is 7.81. The van der Waals surface area contributed by atoms with Crippen molar-refractivity contribution >= 4 is 0 Å². The highest BCUT2D eigenvalue weighted by Gasteiger charge is 2.00. The lowest BCUT2D eigenvalue weighted by molar-refractivity contribution is 1.17. The molecule has 0 saturated carbocycles. The highest BCUT2D eigenvalue weighted by Crippen LogP contribution is 2.15. The van der Waals surface area contributed by atoms with Crippen LogP contribution < -0.4 is 0 Å². The van der Waals surface area contributed by atoms with Gasteiger partial charge in [0.1, 0.15) is 0 Å². The first-order valence-corrected chi connectivity index (χ1v) is 4.09. The quantitative estimate of drug-likeness (QED) is 0.618. The lowest BCUT2D eigenvalue weighted by atomic mass is 9.99. The molecule has 12 heavy (non-hydrogen) atoms. The molecule has 0 bridgehead atoms. The fourth-order valence-electron chi connectivity index (χ4n) is 1.30. The number of nitrogens with zero attached hydrogens (tertiary/aromatic N) is 1. The zero-order valence-corrected chi connectivity index (χ0v) is 7.81. The molecule has 0 unspecified atom stereocenters. The Morgan fingerprint density at radius 2 is 1.67 bits per heavy atom. The van der Waals surface area contributed by atoms with Crippen molar-refractivity contribution in [3.8, 4) is 6.07 Å². The van der Waals surface area contributed by atoms with Gasteiger partial charge in [-0.25, -0.2) is 0 Å². The largest absolute Gasteiger partial charge is 0.198 e. The van der Waals surface area contributed by atoms with Gasteiger partial charge in [0.25, 0.3) is 0 Å². The molecule has 62 valence electrons. The van der Waals surface area contributed by atoms with Crippen molar-refractivity contribution in [2.75, 3.05) is 0 Å². The summed E-state index contributed by atoms with van der Waals surface area (Å²) in [5, 5.41) is 8.55. The highest BCUT2D eigenvalue weighted by molar-refractivity contribution is 5.37. The Morgan fingerprint density at radius 1 is 1.08 bits per heavy atom. The summed E-state index contributed by atoms with van der Waals surface area (Å²) in [5.41, 5.74) is 4.94. The van der Waals surface area contributed by atoms with E-state index in [4.69, 9.17) is 5.26 Å². The minimum atomic E-state index is 0.521. The maximum Gasteiger partial charge on any atom is 0.0669 e. The third-order valence-electron chi connectivity index (χ3n) is 2.22. The first-order valence-electron chi connectivity index (χ1n) is 4.09. The zero-order chi connectivity index (χ0) is 9.14. The summed E-state index contributed by atoms with van der Waals surface area (Å²) in [6, 6.07) is 6.42. The molecule has 0 amide bonds. The Morgan fingerprint density at radius 3 is 2.25 bits per heavy atom. The summed E-state index contributed by atoms with van der Waals surface area (Å²) in [4.78, 5) is 0. The average Bonchev–Trinajstić information content (AvgIpc) is 2.01. The van der Waals surface area contributed by atoms with Gasteiger partial charge in [-0.2, -0.15) is 5.26 Å². The van der Waals surface area contributed by atoms with E-state index in [1.54, 1.807) is 0 Å². The maximum atomic E-state index is 8.55. The topological polar surface area (TPSA) is 23.8 Å². The first kappa shape index (κ1) is 8.80. The van der Waals surface area contributed by atoms with E-state index in [0.29, 0.717) is 6.42 Å². The summed E-state index contributed by atoms with van der Waals surface area (Å²) >= 11 is 0. The van der Waals surface area contributed by atoms with E-state index in [0.717, 1.165) is 5.56 Å². The molecule has 1 nitrogen and oxygen atoms in total. The number of nitriles is 1. The maximum absolute atomic E-state index is 8.55. The summed E-state index contributed by atoms with van der Waals surface area (Å²) in [6.07, 6.45) is 0.521. The first-order chi connectivity index (χ1) is 5.65. The molecule has 0 aliphatic heterocycles. The van der Waals surface area contributed by atoms with Gasteiger partial charge < -0.3 is 0 Å². The molecule has 0 spiro atoms. The molecule has 0 aromatic heterocycles. The fraction of sp³-hybridized carbons (Fsp3) is 0.364. The van der Waals surface area contributed by atoms with E-state index in [9.17, 15) is 0 Å². The molecular weight excluding hydrogens is 146 g/mol. The summed E-state index contributed by atoms with van der Waals surface area (Å²) < 4.78 is 0. The van der Waals surface area contributed by atoms with Crippen molar-refractivity contribution in [1.29, 1.82) is 5.26 Å². The van der Waals surface area contributed by atoms with Crippen molar-refractivity contribution in [2.24, 2.45) is 0 Å². The Hall–Kier alpha value is -1.29. The van der Waals surface area contributed by atoms with Crippen molar-refractivity contribution in [3.63, 3.8) is 0 Å². The van der Waals surface area contributed by atoms with E-state index in [1.807, 2.05) is 0 Å². The predicted octanol–water partition coefficient (Wildman–Crippen LogP) is 2.68. The Kier molecular flexibility index (Phi) is 2.50. The second kappa shape index (κ2) is 3.40. The predicted molar refractivity (Wildman–Crippen MR) is 50.0 cm³/mol. The number of hydrogen-bond acceptors (Lipinski definition) is 1. The van der Waals surface area contributed by atoms with Gasteiger partial charge in [0.2, 0.25) is 0 Å². The van der Waals surface area contributed by atoms with Crippen LogP contribution in [0, 0.1) is 32.1 Å². The smallest absolute Gasteiger partial charge is 0.0669 e. The van der Waals surface area contributed by atoms with Crippen molar-refractivity contribution in [2.45, 2.75) is 27.2 Å². The van der Waals surface area contributed by atoms with E-state index >= 15 is 0 Å². The van der Waals surface area contributed by atoms with Crippen LogP contribution in [-0.2, 0) is 6.42 Å². The molecule has 0 heterocycles. The Balaban J connectivity index is 3.16. The van der Waals surface area contributed by atoms with Crippen LogP contribution in [0.2, 0.25) is 0 Å². The number of rotatable bonds is 1. The number of aryl methyl sites for hydroxylation is 3. The van der Waals surface area contributed by atoms with Crippen molar-refractivity contribution in [1.82, 2.24) is 0 Å². The number of benzene rings is 1. The van der Waals surface area contributed by atoms with Gasteiger partial charge >= 0.3 is 0 Å².